The van der Waals surface area contributed by atoms with Gasteiger partial charge in [-0.1, -0.05) is 27.2 Å². The highest BCUT2D eigenvalue weighted by atomic mass is 15.2. The van der Waals surface area contributed by atoms with Gasteiger partial charge in [0, 0.05) is 25.2 Å². The molecule has 1 aliphatic rings. The fourth-order valence-electron chi connectivity index (χ4n) is 2.31. The minimum Gasteiger partial charge on any atom is -0.326 e. The molecule has 3 unspecified atom stereocenters. The van der Waals surface area contributed by atoms with Gasteiger partial charge in [-0.05, 0) is 18.8 Å². The van der Waals surface area contributed by atoms with E-state index in [1.165, 1.54) is 25.8 Å². The lowest BCUT2D eigenvalue weighted by atomic mass is 10.1. The zero-order valence-corrected chi connectivity index (χ0v) is 9.29. The zero-order chi connectivity index (χ0) is 9.84. The summed E-state index contributed by atoms with van der Waals surface area (Å²) in [5, 5.41) is 0. The van der Waals surface area contributed by atoms with Crippen molar-refractivity contribution >= 4 is 0 Å². The Balaban J connectivity index is 2.42. The first-order valence-electron chi connectivity index (χ1n) is 5.68. The van der Waals surface area contributed by atoms with E-state index in [0.717, 1.165) is 12.6 Å². The largest absolute Gasteiger partial charge is 0.326 e. The maximum atomic E-state index is 6.02. The van der Waals surface area contributed by atoms with Gasteiger partial charge in [0.25, 0.3) is 0 Å². The molecule has 0 amide bonds. The van der Waals surface area contributed by atoms with Crippen molar-refractivity contribution in [2.45, 2.75) is 52.1 Å². The Bertz CT molecular complexity index is 137. The van der Waals surface area contributed by atoms with Crippen LogP contribution in [0.1, 0.15) is 40.0 Å². The van der Waals surface area contributed by atoms with Crippen molar-refractivity contribution in [2.75, 3.05) is 13.1 Å². The molecule has 1 fully saturated rings. The molecule has 0 saturated carbocycles. The molecule has 1 saturated heterocycles. The summed E-state index contributed by atoms with van der Waals surface area (Å²) in [6, 6.07) is 1.19. The highest BCUT2D eigenvalue weighted by Gasteiger charge is 2.29. The van der Waals surface area contributed by atoms with E-state index in [-0.39, 0.29) is 0 Å². The van der Waals surface area contributed by atoms with E-state index >= 15 is 0 Å². The van der Waals surface area contributed by atoms with Crippen LogP contribution in [0.15, 0.2) is 0 Å². The number of rotatable bonds is 4. The van der Waals surface area contributed by atoms with Gasteiger partial charge in [-0.15, -0.1) is 0 Å². The molecule has 2 heteroatoms. The van der Waals surface area contributed by atoms with Crippen LogP contribution in [0.3, 0.4) is 0 Å². The highest BCUT2D eigenvalue weighted by molar-refractivity contribution is 4.87. The Hall–Kier alpha value is -0.0800. The third-order valence-corrected chi connectivity index (χ3v) is 3.31. The van der Waals surface area contributed by atoms with Gasteiger partial charge in [-0.25, -0.2) is 0 Å². The number of likely N-dealkylation sites (tertiary alicyclic amines) is 1. The topological polar surface area (TPSA) is 29.3 Å². The number of nitrogens with zero attached hydrogens (tertiary/aromatic N) is 1. The van der Waals surface area contributed by atoms with E-state index in [2.05, 4.69) is 25.7 Å². The first-order valence-corrected chi connectivity index (χ1v) is 5.68. The van der Waals surface area contributed by atoms with Crippen molar-refractivity contribution < 1.29 is 0 Å². The molecule has 0 aromatic heterocycles. The molecule has 0 aromatic rings. The molecule has 1 rings (SSSR count). The second-order valence-electron chi connectivity index (χ2n) is 4.45. The molecule has 2 N–H and O–H groups in total. The van der Waals surface area contributed by atoms with Crippen molar-refractivity contribution in [1.82, 2.24) is 4.90 Å². The van der Waals surface area contributed by atoms with Crippen LogP contribution in [0.2, 0.25) is 0 Å². The monoisotopic (exact) mass is 184 g/mol. The maximum Gasteiger partial charge on any atom is 0.0206 e. The smallest absolute Gasteiger partial charge is 0.0206 e. The van der Waals surface area contributed by atoms with Crippen molar-refractivity contribution in [2.24, 2.45) is 11.7 Å². The van der Waals surface area contributed by atoms with Crippen LogP contribution in [0.5, 0.6) is 0 Å². The van der Waals surface area contributed by atoms with Crippen molar-refractivity contribution in [1.29, 1.82) is 0 Å². The third-order valence-electron chi connectivity index (χ3n) is 3.31. The van der Waals surface area contributed by atoms with E-state index in [4.69, 9.17) is 5.73 Å². The number of hydrogen-bond acceptors (Lipinski definition) is 2. The Morgan fingerprint density at radius 3 is 2.46 bits per heavy atom. The van der Waals surface area contributed by atoms with Gasteiger partial charge < -0.3 is 5.73 Å². The second-order valence-corrected chi connectivity index (χ2v) is 4.45. The lowest BCUT2D eigenvalue weighted by Gasteiger charge is -2.26. The Morgan fingerprint density at radius 2 is 2.08 bits per heavy atom. The summed E-state index contributed by atoms with van der Waals surface area (Å²) in [4.78, 5) is 2.58. The number of hydrogen-bond donors (Lipinski definition) is 1. The molecule has 78 valence electrons. The molecule has 1 heterocycles. The average Bonchev–Trinajstić information content (AvgIpc) is 2.43. The standard InChI is InChI=1S/C11H24N2/c1-4-6-10(5-2)13-7-9(3)11(12)8-13/h9-11H,4-8,12H2,1-3H3. The fourth-order valence-corrected chi connectivity index (χ4v) is 2.31. The summed E-state index contributed by atoms with van der Waals surface area (Å²) in [7, 11) is 0. The van der Waals surface area contributed by atoms with E-state index in [0.29, 0.717) is 12.0 Å². The van der Waals surface area contributed by atoms with Crippen molar-refractivity contribution in [3.05, 3.63) is 0 Å². The third kappa shape index (κ3) is 2.68. The first kappa shape index (κ1) is 11.0. The molecule has 0 aromatic carbocycles. The van der Waals surface area contributed by atoms with Crippen molar-refractivity contribution in [3.8, 4) is 0 Å². The zero-order valence-electron chi connectivity index (χ0n) is 9.29. The molecule has 0 spiro atoms. The van der Waals surface area contributed by atoms with Gasteiger partial charge in [-0.3, -0.25) is 4.90 Å². The maximum absolute atomic E-state index is 6.02. The van der Waals surface area contributed by atoms with Crippen LogP contribution in [-0.4, -0.2) is 30.1 Å². The predicted molar refractivity (Wildman–Crippen MR) is 57.7 cm³/mol. The van der Waals surface area contributed by atoms with E-state index < -0.39 is 0 Å². The SMILES string of the molecule is CCCC(CC)N1CC(C)C(N)C1. The molecule has 0 bridgehead atoms. The van der Waals surface area contributed by atoms with Crippen LogP contribution in [0.25, 0.3) is 0 Å². The highest BCUT2D eigenvalue weighted by Crippen LogP contribution is 2.21. The molecule has 2 nitrogen and oxygen atoms in total. The lowest BCUT2D eigenvalue weighted by molar-refractivity contribution is 0.215. The summed E-state index contributed by atoms with van der Waals surface area (Å²) in [6.07, 6.45) is 3.89. The Kier molecular flexibility index (Phi) is 4.20. The normalized spacial score (nSPS) is 32.3. The van der Waals surface area contributed by atoms with Gasteiger partial charge in [-0.2, -0.15) is 0 Å². The molecule has 3 atom stereocenters. The van der Waals surface area contributed by atoms with Crippen LogP contribution in [-0.2, 0) is 0 Å². The quantitative estimate of drug-likeness (QED) is 0.722. The minimum atomic E-state index is 0.408. The molecular weight excluding hydrogens is 160 g/mol. The summed E-state index contributed by atoms with van der Waals surface area (Å²) in [5.41, 5.74) is 6.02. The van der Waals surface area contributed by atoms with Gasteiger partial charge in [0.2, 0.25) is 0 Å². The average molecular weight is 184 g/mol. The van der Waals surface area contributed by atoms with E-state index in [1.54, 1.807) is 0 Å². The van der Waals surface area contributed by atoms with Crippen LogP contribution in [0.4, 0.5) is 0 Å². The van der Waals surface area contributed by atoms with Gasteiger partial charge in [0.1, 0.15) is 0 Å². The van der Waals surface area contributed by atoms with Gasteiger partial charge in [0.05, 0.1) is 0 Å². The van der Waals surface area contributed by atoms with Gasteiger partial charge in [0.15, 0.2) is 0 Å². The summed E-state index contributed by atoms with van der Waals surface area (Å²) >= 11 is 0. The number of nitrogens with two attached hydrogens (primary N) is 1. The van der Waals surface area contributed by atoms with Crippen molar-refractivity contribution in [3.63, 3.8) is 0 Å². The molecule has 13 heavy (non-hydrogen) atoms. The lowest BCUT2D eigenvalue weighted by Crippen LogP contribution is -2.35. The predicted octanol–water partition coefficient (Wildman–Crippen LogP) is 1.84. The Morgan fingerprint density at radius 1 is 1.38 bits per heavy atom. The molecule has 1 aliphatic heterocycles. The van der Waals surface area contributed by atoms with Gasteiger partial charge >= 0.3 is 0 Å². The molecule has 0 radical (unpaired) electrons. The Labute approximate surface area is 82.5 Å². The molecule has 0 aliphatic carbocycles. The van der Waals surface area contributed by atoms with E-state index in [1.807, 2.05) is 0 Å². The molecular formula is C11H24N2. The summed E-state index contributed by atoms with van der Waals surface area (Å²) < 4.78 is 0. The minimum absolute atomic E-state index is 0.408. The van der Waals surface area contributed by atoms with Crippen LogP contribution < -0.4 is 5.73 Å². The second kappa shape index (κ2) is 4.97. The first-order chi connectivity index (χ1) is 6.19. The van der Waals surface area contributed by atoms with E-state index in [9.17, 15) is 0 Å². The van der Waals surface area contributed by atoms with Crippen LogP contribution >= 0.6 is 0 Å². The summed E-state index contributed by atoms with van der Waals surface area (Å²) in [6.45, 7) is 9.14. The van der Waals surface area contributed by atoms with Crippen LogP contribution in [0, 0.1) is 5.92 Å². The summed E-state index contributed by atoms with van der Waals surface area (Å²) in [5.74, 6) is 0.686. The fraction of sp³-hybridized carbons (Fsp3) is 1.00.